The second-order valence-electron chi connectivity index (χ2n) is 5.82. The Bertz CT molecular complexity index is 416. The van der Waals surface area contributed by atoms with Crippen LogP contribution in [0.5, 0.6) is 0 Å². The van der Waals surface area contributed by atoms with Crippen LogP contribution in [0, 0.1) is 0 Å². The molecule has 0 spiro atoms. The molecule has 19 heavy (non-hydrogen) atoms. The van der Waals surface area contributed by atoms with Gasteiger partial charge in [-0.25, -0.2) is 0 Å². The summed E-state index contributed by atoms with van der Waals surface area (Å²) in [5.41, 5.74) is -0.678. The Kier molecular flexibility index (Phi) is 4.66. The van der Waals surface area contributed by atoms with Crippen LogP contribution in [0.2, 0.25) is 0 Å². The van der Waals surface area contributed by atoms with Gasteiger partial charge in [-0.05, 0) is 34.1 Å². The standard InChI is InChI=1S/C13H22F3N3/c1-6-9(2)19-11(13(14,15)16)10(8-18-19)7-17-12(3,4)5/h8-9,17H,6-7H2,1-5H3. The topological polar surface area (TPSA) is 29.9 Å². The predicted molar refractivity (Wildman–Crippen MR) is 68.8 cm³/mol. The maximum Gasteiger partial charge on any atom is 0.433 e. The summed E-state index contributed by atoms with van der Waals surface area (Å²) in [6.45, 7) is 9.50. The van der Waals surface area contributed by atoms with Crippen molar-refractivity contribution in [1.82, 2.24) is 15.1 Å². The van der Waals surface area contributed by atoms with Crippen LogP contribution < -0.4 is 5.32 Å². The van der Waals surface area contributed by atoms with Crippen LogP contribution in [0.1, 0.15) is 58.3 Å². The highest BCUT2D eigenvalue weighted by atomic mass is 19.4. The van der Waals surface area contributed by atoms with Crippen molar-refractivity contribution < 1.29 is 13.2 Å². The number of rotatable bonds is 4. The minimum absolute atomic E-state index is 0.161. The molecular formula is C13H22F3N3. The zero-order valence-corrected chi connectivity index (χ0v) is 12.1. The van der Waals surface area contributed by atoms with Crippen molar-refractivity contribution >= 4 is 0 Å². The zero-order valence-electron chi connectivity index (χ0n) is 12.1. The molecule has 1 atom stereocenters. The van der Waals surface area contributed by atoms with Crippen LogP contribution in [-0.4, -0.2) is 15.3 Å². The lowest BCUT2D eigenvalue weighted by molar-refractivity contribution is -0.145. The summed E-state index contributed by atoms with van der Waals surface area (Å²) in [6, 6.07) is -0.264. The molecule has 1 aromatic rings. The SMILES string of the molecule is CCC(C)n1ncc(CNC(C)(C)C)c1C(F)(F)F. The molecule has 0 saturated heterocycles. The summed E-state index contributed by atoms with van der Waals surface area (Å²) in [4.78, 5) is 0. The molecule has 1 unspecified atom stereocenters. The summed E-state index contributed by atoms with van der Waals surface area (Å²) in [5, 5.41) is 6.98. The summed E-state index contributed by atoms with van der Waals surface area (Å²) < 4.78 is 40.6. The van der Waals surface area contributed by atoms with Gasteiger partial charge in [0.2, 0.25) is 0 Å². The number of nitrogens with zero attached hydrogens (tertiary/aromatic N) is 2. The molecule has 0 fully saturated rings. The molecular weight excluding hydrogens is 255 g/mol. The van der Waals surface area contributed by atoms with Gasteiger partial charge in [-0.3, -0.25) is 4.68 Å². The molecule has 0 aliphatic carbocycles. The highest BCUT2D eigenvalue weighted by Gasteiger charge is 2.38. The fraction of sp³-hybridized carbons (Fsp3) is 0.769. The third-order valence-corrected chi connectivity index (χ3v) is 2.96. The maximum absolute atomic E-state index is 13.2. The third kappa shape index (κ3) is 4.23. The number of hydrogen-bond acceptors (Lipinski definition) is 2. The molecule has 0 saturated carbocycles. The van der Waals surface area contributed by atoms with E-state index in [0.717, 1.165) is 4.68 Å². The Morgan fingerprint density at radius 2 is 1.89 bits per heavy atom. The quantitative estimate of drug-likeness (QED) is 0.908. The molecule has 1 rings (SSSR count). The highest BCUT2D eigenvalue weighted by molar-refractivity contribution is 5.21. The van der Waals surface area contributed by atoms with Crippen LogP contribution in [0.25, 0.3) is 0 Å². The van der Waals surface area contributed by atoms with Gasteiger partial charge in [-0.2, -0.15) is 18.3 Å². The van der Waals surface area contributed by atoms with Crippen LogP contribution in [0.3, 0.4) is 0 Å². The van der Waals surface area contributed by atoms with E-state index in [2.05, 4.69) is 10.4 Å². The maximum atomic E-state index is 13.2. The van der Waals surface area contributed by atoms with Gasteiger partial charge in [0, 0.05) is 23.7 Å². The minimum atomic E-state index is -4.38. The lowest BCUT2D eigenvalue weighted by Crippen LogP contribution is -2.35. The van der Waals surface area contributed by atoms with Gasteiger partial charge >= 0.3 is 6.18 Å². The van der Waals surface area contributed by atoms with E-state index in [0.29, 0.717) is 6.42 Å². The molecule has 0 radical (unpaired) electrons. The van der Waals surface area contributed by atoms with Crippen LogP contribution in [-0.2, 0) is 12.7 Å². The van der Waals surface area contributed by atoms with Gasteiger partial charge in [0.15, 0.2) is 0 Å². The zero-order chi connectivity index (χ0) is 14.8. The molecule has 0 aliphatic heterocycles. The third-order valence-electron chi connectivity index (χ3n) is 2.96. The van der Waals surface area contributed by atoms with Crippen molar-refractivity contribution in [3.63, 3.8) is 0 Å². The van der Waals surface area contributed by atoms with Crippen molar-refractivity contribution in [2.45, 2.75) is 65.3 Å². The molecule has 0 aromatic carbocycles. The lowest BCUT2D eigenvalue weighted by Gasteiger charge is -2.21. The molecule has 6 heteroatoms. The Balaban J connectivity index is 3.09. The van der Waals surface area contributed by atoms with Crippen LogP contribution in [0.15, 0.2) is 6.20 Å². The molecule has 3 nitrogen and oxygen atoms in total. The summed E-state index contributed by atoms with van der Waals surface area (Å²) in [6.07, 6.45) is -2.46. The molecule has 0 bridgehead atoms. The van der Waals surface area contributed by atoms with Gasteiger partial charge in [0.1, 0.15) is 5.69 Å². The summed E-state index contributed by atoms with van der Waals surface area (Å²) in [5.74, 6) is 0. The first kappa shape index (κ1) is 16.0. The van der Waals surface area contributed by atoms with Gasteiger partial charge in [-0.1, -0.05) is 6.92 Å². The Hall–Kier alpha value is -1.04. The molecule has 1 N–H and O–H groups in total. The van der Waals surface area contributed by atoms with Crippen molar-refractivity contribution in [2.24, 2.45) is 0 Å². The Morgan fingerprint density at radius 3 is 2.32 bits per heavy atom. The Morgan fingerprint density at radius 1 is 1.32 bits per heavy atom. The summed E-state index contributed by atoms with van der Waals surface area (Å²) in [7, 11) is 0. The number of nitrogens with one attached hydrogen (secondary N) is 1. The van der Waals surface area contributed by atoms with E-state index < -0.39 is 11.9 Å². The van der Waals surface area contributed by atoms with Gasteiger partial charge < -0.3 is 5.32 Å². The average Bonchev–Trinajstić information content (AvgIpc) is 2.67. The minimum Gasteiger partial charge on any atom is -0.308 e. The van der Waals surface area contributed by atoms with Gasteiger partial charge in [0.05, 0.1) is 6.20 Å². The van der Waals surface area contributed by atoms with E-state index >= 15 is 0 Å². The molecule has 0 aliphatic rings. The van der Waals surface area contributed by atoms with Crippen molar-refractivity contribution in [3.05, 3.63) is 17.5 Å². The number of aromatic nitrogens is 2. The largest absolute Gasteiger partial charge is 0.433 e. The first-order valence-electron chi connectivity index (χ1n) is 6.45. The van der Waals surface area contributed by atoms with E-state index in [-0.39, 0.29) is 23.7 Å². The van der Waals surface area contributed by atoms with E-state index in [1.807, 2.05) is 27.7 Å². The molecule has 110 valence electrons. The number of alkyl halides is 3. The van der Waals surface area contributed by atoms with Crippen molar-refractivity contribution in [1.29, 1.82) is 0 Å². The average molecular weight is 277 g/mol. The van der Waals surface area contributed by atoms with E-state index in [1.165, 1.54) is 6.20 Å². The second-order valence-corrected chi connectivity index (χ2v) is 5.82. The first-order valence-corrected chi connectivity index (χ1v) is 6.45. The Labute approximate surface area is 112 Å². The number of halogens is 3. The van der Waals surface area contributed by atoms with Gasteiger partial charge in [0.25, 0.3) is 0 Å². The van der Waals surface area contributed by atoms with E-state index in [9.17, 15) is 13.2 Å². The molecule has 0 amide bonds. The molecule has 1 heterocycles. The smallest absolute Gasteiger partial charge is 0.308 e. The first-order chi connectivity index (χ1) is 8.56. The monoisotopic (exact) mass is 277 g/mol. The summed E-state index contributed by atoms with van der Waals surface area (Å²) >= 11 is 0. The van der Waals surface area contributed by atoms with Crippen molar-refractivity contribution in [2.75, 3.05) is 0 Å². The van der Waals surface area contributed by atoms with Gasteiger partial charge in [-0.15, -0.1) is 0 Å². The van der Waals surface area contributed by atoms with Crippen molar-refractivity contribution in [3.8, 4) is 0 Å². The van der Waals surface area contributed by atoms with E-state index in [1.54, 1.807) is 6.92 Å². The molecule has 1 aromatic heterocycles. The second kappa shape index (κ2) is 5.53. The fourth-order valence-electron chi connectivity index (χ4n) is 1.71. The fourth-order valence-corrected chi connectivity index (χ4v) is 1.71. The normalized spacial score (nSPS) is 14.7. The van der Waals surface area contributed by atoms with E-state index in [4.69, 9.17) is 0 Å². The van der Waals surface area contributed by atoms with Crippen LogP contribution >= 0.6 is 0 Å². The highest BCUT2D eigenvalue weighted by Crippen LogP contribution is 2.34. The van der Waals surface area contributed by atoms with Crippen LogP contribution in [0.4, 0.5) is 13.2 Å². The lowest BCUT2D eigenvalue weighted by atomic mass is 10.1. The number of hydrogen-bond donors (Lipinski definition) is 1. The predicted octanol–water partition coefficient (Wildman–Crippen LogP) is 3.76.